The van der Waals surface area contributed by atoms with Crippen LogP contribution in [0.5, 0.6) is 0 Å². The van der Waals surface area contributed by atoms with E-state index in [1.807, 2.05) is 0 Å². The number of hydrogen-bond donors (Lipinski definition) is 4. The van der Waals surface area contributed by atoms with E-state index < -0.39 is 0 Å². The van der Waals surface area contributed by atoms with E-state index in [1.54, 1.807) is 24.8 Å². The average molecular weight is 743 g/mol. The molecule has 10 nitrogen and oxygen atoms in total. The highest BCUT2D eigenvalue weighted by Gasteiger charge is 2.16. The number of hydrogen-bond acceptors (Lipinski definition) is 8. The van der Waals surface area contributed by atoms with Crippen molar-refractivity contribution < 1.29 is 0 Å². The summed E-state index contributed by atoms with van der Waals surface area (Å²) in [5.41, 5.74) is 13.0. The number of piperidine rings is 2. The summed E-state index contributed by atoms with van der Waals surface area (Å²) in [6.07, 6.45) is 17.6. The van der Waals surface area contributed by atoms with Gasteiger partial charge in [0.2, 0.25) is 0 Å². The van der Waals surface area contributed by atoms with Gasteiger partial charge in [-0.05, 0) is 122 Å². The Hall–Kier alpha value is -5.84. The van der Waals surface area contributed by atoms with Crippen molar-refractivity contribution in [1.82, 2.24) is 39.7 Å². The first kappa shape index (κ1) is 35.8. The normalized spacial score (nSPS) is 17.2. The number of nitrogens with one attached hydrogen (secondary N) is 4. The minimum atomic E-state index is 0.537. The molecule has 56 heavy (non-hydrogen) atoms. The van der Waals surface area contributed by atoms with Crippen LogP contribution in [0.1, 0.15) is 32.1 Å². The second-order valence-electron chi connectivity index (χ2n) is 15.4. The fraction of sp³-hybridized carbons (Fsp3) is 0.304. The Bertz CT molecular complexity index is 2430. The average Bonchev–Trinajstić information content (AvgIpc) is 3.82. The fourth-order valence-electron chi connectivity index (χ4n) is 8.35. The topological polar surface area (TPSA) is 110 Å². The molecule has 4 N–H and O–H groups in total. The predicted octanol–water partition coefficient (Wildman–Crippen LogP) is 8.54. The van der Waals surface area contributed by atoms with Crippen LogP contribution in [0.4, 0.5) is 11.4 Å². The Labute approximate surface area is 327 Å². The molecular formula is C46H50N10. The van der Waals surface area contributed by atoms with Crippen molar-refractivity contribution in [2.24, 2.45) is 20.0 Å². The maximum atomic E-state index is 4.63. The quantitative estimate of drug-likeness (QED) is 0.123. The Morgan fingerprint density at radius 3 is 1.75 bits per heavy atom. The first-order valence-electron chi connectivity index (χ1n) is 20.1. The number of rotatable bonds is 8. The summed E-state index contributed by atoms with van der Waals surface area (Å²) in [4.78, 5) is 18.4. The largest absolute Gasteiger partial charge is 0.385 e. The first-order valence-corrected chi connectivity index (χ1v) is 20.1. The molecule has 10 rings (SSSR count). The highest BCUT2D eigenvalue weighted by Crippen LogP contribution is 2.34. The van der Waals surface area contributed by atoms with E-state index in [2.05, 4.69) is 150 Å². The van der Waals surface area contributed by atoms with Gasteiger partial charge in [-0.2, -0.15) is 0 Å². The lowest BCUT2D eigenvalue weighted by molar-refractivity contribution is 0.393. The molecule has 6 heterocycles. The molecule has 0 radical (unpaired) electrons. The molecule has 4 aromatic heterocycles. The van der Waals surface area contributed by atoms with Gasteiger partial charge in [0.1, 0.15) is 0 Å². The van der Waals surface area contributed by atoms with Gasteiger partial charge in [0.15, 0.2) is 0 Å². The van der Waals surface area contributed by atoms with E-state index in [-0.39, 0.29) is 0 Å². The van der Waals surface area contributed by atoms with Gasteiger partial charge < -0.3 is 30.4 Å². The summed E-state index contributed by atoms with van der Waals surface area (Å²) < 4.78 is 4.31. The fourth-order valence-corrected chi connectivity index (χ4v) is 8.35. The Morgan fingerprint density at radius 1 is 0.607 bits per heavy atom. The second kappa shape index (κ2) is 16.1. The molecule has 2 aliphatic rings. The molecule has 284 valence electrons. The second-order valence-corrected chi connectivity index (χ2v) is 15.4. The van der Waals surface area contributed by atoms with Crippen LogP contribution in [0.2, 0.25) is 0 Å². The zero-order chi connectivity index (χ0) is 37.8. The van der Waals surface area contributed by atoms with Crippen molar-refractivity contribution in [3.05, 3.63) is 110 Å². The minimum absolute atomic E-state index is 0.537. The number of aryl methyl sites for hydroxylation is 2. The zero-order valence-electron chi connectivity index (χ0n) is 32.3. The molecular weight excluding hydrogens is 693 g/mol. The van der Waals surface area contributed by atoms with Gasteiger partial charge in [-0.25, -0.2) is 0 Å². The van der Waals surface area contributed by atoms with E-state index in [1.165, 1.54) is 65.0 Å². The molecule has 0 saturated carbocycles. The van der Waals surface area contributed by atoms with Crippen molar-refractivity contribution >= 4 is 55.2 Å². The van der Waals surface area contributed by atoms with E-state index in [9.17, 15) is 0 Å². The third-order valence-corrected chi connectivity index (χ3v) is 11.5. The van der Waals surface area contributed by atoms with Crippen molar-refractivity contribution in [1.29, 1.82) is 0 Å². The summed E-state index contributed by atoms with van der Waals surface area (Å²) in [5, 5.41) is 16.9. The molecule has 0 spiro atoms. The number of fused-ring (bicyclic) bond motifs is 4. The van der Waals surface area contributed by atoms with Gasteiger partial charge in [0.05, 0.1) is 22.1 Å². The van der Waals surface area contributed by atoms with Crippen molar-refractivity contribution in [3.63, 3.8) is 0 Å². The van der Waals surface area contributed by atoms with Crippen LogP contribution >= 0.6 is 0 Å². The standard InChI is InChI=1S/2C23H25N5/c1-28-10-6-17-4-5-18(11-22(17)28)20-12-19(13-21-23(20)26-9-8-25-21)27-15-16-3-2-7-24-14-16;1-28-11-7-16-5-6-17(12-22(16)28)20-13-19(14-21-23(20)26-10-9-25-21)27-15-18-4-2-3-8-24-18/h4-6,8-13,16,24,27H,2-3,7,14-15H2,1H3;5-7,9-14,18,24,27H,2-4,8,15H2,1H3. The van der Waals surface area contributed by atoms with Gasteiger partial charge in [-0.15, -0.1) is 0 Å². The predicted molar refractivity (Wildman–Crippen MR) is 231 cm³/mol. The summed E-state index contributed by atoms with van der Waals surface area (Å²) >= 11 is 0. The molecule has 4 aromatic carbocycles. The van der Waals surface area contributed by atoms with Crippen molar-refractivity contribution in [2.75, 3.05) is 43.4 Å². The molecule has 2 saturated heterocycles. The third kappa shape index (κ3) is 7.67. The molecule has 2 fully saturated rings. The maximum Gasteiger partial charge on any atom is 0.0966 e. The smallest absolute Gasteiger partial charge is 0.0966 e. The summed E-state index contributed by atoms with van der Waals surface area (Å²) in [5.74, 6) is 0.675. The summed E-state index contributed by atoms with van der Waals surface area (Å²) in [7, 11) is 4.17. The Kier molecular flexibility index (Phi) is 10.3. The van der Waals surface area contributed by atoms with Crippen LogP contribution in [-0.4, -0.2) is 67.8 Å². The number of benzene rings is 4. The van der Waals surface area contributed by atoms with Gasteiger partial charge in [0, 0.05) is 104 Å². The SMILES string of the molecule is Cn1ccc2ccc(-c3cc(NCC4CCCCN4)cc4nccnc34)cc21.Cn1ccc2ccc(-c3cc(NCC4CCCNC4)cc4nccnc34)cc21. The van der Waals surface area contributed by atoms with E-state index >= 15 is 0 Å². The van der Waals surface area contributed by atoms with Gasteiger partial charge >= 0.3 is 0 Å². The van der Waals surface area contributed by atoms with E-state index in [0.29, 0.717) is 12.0 Å². The number of aromatic nitrogens is 6. The Morgan fingerprint density at radius 2 is 1.20 bits per heavy atom. The van der Waals surface area contributed by atoms with Crippen LogP contribution in [0.25, 0.3) is 66.1 Å². The molecule has 10 heteroatoms. The van der Waals surface area contributed by atoms with E-state index in [4.69, 9.17) is 0 Å². The zero-order valence-corrected chi connectivity index (χ0v) is 32.3. The van der Waals surface area contributed by atoms with Crippen LogP contribution in [0, 0.1) is 5.92 Å². The van der Waals surface area contributed by atoms with Gasteiger partial charge in [-0.1, -0.05) is 30.7 Å². The highest BCUT2D eigenvalue weighted by molar-refractivity contribution is 5.98. The molecule has 2 aliphatic heterocycles. The van der Waals surface area contributed by atoms with Crippen LogP contribution < -0.4 is 21.3 Å². The van der Waals surface area contributed by atoms with E-state index in [0.717, 1.165) is 77.3 Å². The third-order valence-electron chi connectivity index (χ3n) is 11.5. The summed E-state index contributed by atoms with van der Waals surface area (Å²) in [6.45, 7) is 5.28. The highest BCUT2D eigenvalue weighted by atomic mass is 15.0. The molecule has 0 bridgehead atoms. The van der Waals surface area contributed by atoms with Crippen LogP contribution in [-0.2, 0) is 14.1 Å². The van der Waals surface area contributed by atoms with Gasteiger partial charge in [0.25, 0.3) is 0 Å². The molecule has 2 atom stereocenters. The maximum absolute atomic E-state index is 4.63. The minimum Gasteiger partial charge on any atom is -0.385 e. The molecule has 0 amide bonds. The lowest BCUT2D eigenvalue weighted by Crippen LogP contribution is -2.39. The summed E-state index contributed by atoms with van der Waals surface area (Å²) in [6, 6.07) is 26.7. The first-order chi connectivity index (χ1) is 27.6. The molecule has 2 unspecified atom stereocenters. The number of nitrogens with zero attached hydrogens (tertiary/aromatic N) is 6. The van der Waals surface area contributed by atoms with Crippen LogP contribution in [0.3, 0.4) is 0 Å². The number of anilines is 2. The van der Waals surface area contributed by atoms with Crippen molar-refractivity contribution in [2.45, 2.75) is 38.1 Å². The van der Waals surface area contributed by atoms with Crippen LogP contribution in [0.15, 0.2) is 110 Å². The monoisotopic (exact) mass is 742 g/mol. The Balaban J connectivity index is 0.000000146. The molecule has 8 aromatic rings. The van der Waals surface area contributed by atoms with Gasteiger partial charge in [-0.3, -0.25) is 19.9 Å². The lowest BCUT2D eigenvalue weighted by Gasteiger charge is -2.24. The lowest BCUT2D eigenvalue weighted by atomic mass is 9.99. The van der Waals surface area contributed by atoms with Crippen molar-refractivity contribution in [3.8, 4) is 22.3 Å². The molecule has 0 aliphatic carbocycles.